The molecule has 0 aromatic heterocycles. The molecule has 2 heterocycles. The van der Waals surface area contributed by atoms with E-state index in [1.807, 2.05) is 46.8 Å². The van der Waals surface area contributed by atoms with Gasteiger partial charge in [0.2, 0.25) is 5.79 Å². The molecule has 31 heavy (non-hydrogen) atoms. The Morgan fingerprint density at radius 2 is 1.94 bits per heavy atom. The molecule has 0 aromatic carbocycles. The number of rotatable bonds is 4. The smallest absolute Gasteiger partial charge is 0.331 e. The van der Waals surface area contributed by atoms with Crippen molar-refractivity contribution in [2.45, 2.75) is 72.4 Å². The van der Waals surface area contributed by atoms with Gasteiger partial charge in [-0.05, 0) is 82.6 Å². The molecule has 5 heteroatoms. The molecule has 6 atom stereocenters. The minimum atomic E-state index is -1.04. The van der Waals surface area contributed by atoms with Crippen LogP contribution >= 0.6 is 0 Å². The van der Waals surface area contributed by atoms with Gasteiger partial charge in [-0.1, -0.05) is 31.1 Å². The summed E-state index contributed by atoms with van der Waals surface area (Å²) in [4.78, 5) is 25.6. The average Bonchev–Trinajstić information content (AvgIpc) is 3.02. The van der Waals surface area contributed by atoms with Gasteiger partial charge in [0.05, 0.1) is 0 Å². The number of carbonyl (C=O) groups excluding carboxylic acids is 2. The molecule has 0 aromatic rings. The summed E-state index contributed by atoms with van der Waals surface area (Å²) in [5.41, 5.74) is 1.97. The third kappa shape index (κ3) is 4.35. The Hall–Kier alpha value is -1.98. The lowest BCUT2D eigenvalue weighted by atomic mass is 9.65. The van der Waals surface area contributed by atoms with Gasteiger partial charge in [0.25, 0.3) is 0 Å². The zero-order chi connectivity index (χ0) is 23.1. The molecule has 3 rings (SSSR count). The lowest BCUT2D eigenvalue weighted by Crippen LogP contribution is -2.47. The van der Waals surface area contributed by atoms with Gasteiger partial charge in [-0.25, -0.2) is 4.79 Å². The van der Waals surface area contributed by atoms with E-state index in [1.54, 1.807) is 13.2 Å². The van der Waals surface area contributed by atoms with E-state index in [9.17, 15) is 9.59 Å². The summed E-state index contributed by atoms with van der Waals surface area (Å²) in [5, 5.41) is 0. The number of ether oxygens (including phenoxy) is 3. The Labute approximate surface area is 186 Å². The van der Waals surface area contributed by atoms with Crippen LogP contribution in [0.15, 0.2) is 47.1 Å². The number of hydrogen-bond acceptors (Lipinski definition) is 5. The van der Waals surface area contributed by atoms with E-state index in [0.29, 0.717) is 6.42 Å². The van der Waals surface area contributed by atoms with Crippen LogP contribution in [0.5, 0.6) is 0 Å². The normalized spacial score (nSPS) is 38.9. The molecule has 0 fully saturated rings. The summed E-state index contributed by atoms with van der Waals surface area (Å²) in [6.07, 6.45) is 9.33. The van der Waals surface area contributed by atoms with Crippen LogP contribution in [0.1, 0.15) is 54.9 Å². The third-order valence-electron chi connectivity index (χ3n) is 6.95. The zero-order valence-electron chi connectivity index (χ0n) is 20.0. The van der Waals surface area contributed by atoms with Crippen LogP contribution in [0.3, 0.4) is 0 Å². The van der Waals surface area contributed by atoms with Gasteiger partial charge in [0, 0.05) is 19.1 Å². The minimum Gasteiger partial charge on any atom is -0.456 e. The molecule has 5 nitrogen and oxygen atoms in total. The molecule has 0 radical (unpaired) electrons. The second-order valence-electron chi connectivity index (χ2n) is 9.97. The fourth-order valence-electron chi connectivity index (χ4n) is 5.28. The second-order valence-corrected chi connectivity index (χ2v) is 9.97. The van der Waals surface area contributed by atoms with Gasteiger partial charge in [-0.2, -0.15) is 0 Å². The Morgan fingerprint density at radius 3 is 2.52 bits per heavy atom. The number of allylic oxidation sites excluding steroid dienone is 4. The van der Waals surface area contributed by atoms with Crippen molar-refractivity contribution in [3.8, 4) is 0 Å². The fourth-order valence-corrected chi connectivity index (χ4v) is 5.28. The fraction of sp³-hybridized carbons (Fsp3) is 0.615. The van der Waals surface area contributed by atoms with E-state index in [-0.39, 0.29) is 35.4 Å². The highest BCUT2D eigenvalue weighted by Gasteiger charge is 2.53. The van der Waals surface area contributed by atoms with E-state index in [0.717, 1.165) is 16.7 Å². The average molecular weight is 429 g/mol. The molecule has 2 aliphatic heterocycles. The summed E-state index contributed by atoms with van der Waals surface area (Å²) in [7, 11) is 1.62. The predicted octanol–water partition coefficient (Wildman–Crippen LogP) is 4.94. The largest absolute Gasteiger partial charge is 0.456 e. The molecular weight excluding hydrogens is 392 g/mol. The molecular formula is C26H36O5. The quantitative estimate of drug-likeness (QED) is 0.361. The maximum atomic E-state index is 13.0. The SMILES string of the molecule is CO[C@]12C=C[C@](C)(O1)[C@@H](OC(=O)C=C(C)C)C[C@H]1C(C)=CC(=O)[C@H](C(C)C)[C@H]1/C=C\2C. The monoisotopic (exact) mass is 428 g/mol. The molecule has 170 valence electrons. The Balaban J connectivity index is 2.14. The van der Waals surface area contributed by atoms with Gasteiger partial charge in [-0.3, -0.25) is 4.79 Å². The van der Waals surface area contributed by atoms with Crippen LogP contribution in [0, 0.1) is 23.7 Å². The van der Waals surface area contributed by atoms with E-state index in [4.69, 9.17) is 14.2 Å². The van der Waals surface area contributed by atoms with Crippen molar-refractivity contribution in [3.63, 3.8) is 0 Å². The van der Waals surface area contributed by atoms with Crippen LogP contribution in [-0.2, 0) is 23.8 Å². The molecule has 2 bridgehead atoms. The van der Waals surface area contributed by atoms with Gasteiger partial charge in [0.1, 0.15) is 11.7 Å². The zero-order valence-corrected chi connectivity index (χ0v) is 20.0. The van der Waals surface area contributed by atoms with Crippen LogP contribution in [-0.4, -0.2) is 36.4 Å². The van der Waals surface area contributed by atoms with Crippen molar-refractivity contribution < 1.29 is 23.8 Å². The highest BCUT2D eigenvalue weighted by atomic mass is 16.7. The van der Waals surface area contributed by atoms with Crippen molar-refractivity contribution in [1.29, 1.82) is 0 Å². The Morgan fingerprint density at radius 1 is 1.26 bits per heavy atom. The van der Waals surface area contributed by atoms with E-state index in [1.165, 1.54) is 6.08 Å². The molecule has 0 N–H and O–H groups in total. The van der Waals surface area contributed by atoms with Crippen molar-refractivity contribution in [1.82, 2.24) is 0 Å². The first kappa shape index (κ1) is 23.7. The maximum Gasteiger partial charge on any atom is 0.331 e. The second kappa shape index (κ2) is 8.51. The van der Waals surface area contributed by atoms with E-state index < -0.39 is 17.5 Å². The maximum absolute atomic E-state index is 13.0. The van der Waals surface area contributed by atoms with Crippen LogP contribution < -0.4 is 0 Å². The first-order valence-corrected chi connectivity index (χ1v) is 11.1. The molecule has 0 amide bonds. The summed E-state index contributed by atoms with van der Waals surface area (Å²) < 4.78 is 18.3. The summed E-state index contributed by atoms with van der Waals surface area (Å²) >= 11 is 0. The molecule has 0 saturated heterocycles. The number of carbonyl (C=O) groups is 2. The lowest BCUT2D eigenvalue weighted by molar-refractivity contribution is -0.225. The summed E-state index contributed by atoms with van der Waals surface area (Å²) in [5.74, 6) is -1.17. The van der Waals surface area contributed by atoms with Crippen molar-refractivity contribution >= 4 is 11.8 Å². The van der Waals surface area contributed by atoms with Crippen LogP contribution in [0.25, 0.3) is 0 Å². The standard InChI is InChI=1S/C26H36O5/c1-15(2)11-23(28)30-22-14-19-17(5)12-21(27)24(16(3)4)20(19)13-18(6)26(29-8)10-9-25(22,7)31-26/h9-13,16,19-20,22,24H,14H2,1-8H3/b18-13-/t19-,20-,22-,24+,25-,26+/m0/s1. The Bertz CT molecular complexity index is 872. The predicted molar refractivity (Wildman–Crippen MR) is 120 cm³/mol. The molecule has 1 aliphatic carbocycles. The highest BCUT2D eigenvalue weighted by molar-refractivity contribution is 5.94. The van der Waals surface area contributed by atoms with Crippen LogP contribution in [0.2, 0.25) is 0 Å². The third-order valence-corrected chi connectivity index (χ3v) is 6.95. The first-order valence-electron chi connectivity index (χ1n) is 11.1. The lowest BCUT2D eigenvalue weighted by Gasteiger charge is -2.40. The van der Waals surface area contributed by atoms with Gasteiger partial charge >= 0.3 is 5.97 Å². The number of ketones is 1. The van der Waals surface area contributed by atoms with E-state index in [2.05, 4.69) is 19.9 Å². The highest BCUT2D eigenvalue weighted by Crippen LogP contribution is 2.48. The van der Waals surface area contributed by atoms with Crippen molar-refractivity contribution in [2.24, 2.45) is 23.7 Å². The summed E-state index contributed by atoms with van der Waals surface area (Å²) in [6.45, 7) is 13.8. The number of methoxy groups -OCH3 is 1. The number of hydrogen-bond donors (Lipinski definition) is 0. The minimum absolute atomic E-state index is 0.0193. The molecule has 0 unspecified atom stereocenters. The van der Waals surface area contributed by atoms with Gasteiger partial charge in [-0.15, -0.1) is 0 Å². The van der Waals surface area contributed by atoms with E-state index >= 15 is 0 Å². The molecule has 0 saturated carbocycles. The number of fused-ring (bicyclic) bond motifs is 3. The number of esters is 1. The topological polar surface area (TPSA) is 61.8 Å². The first-order chi connectivity index (χ1) is 14.4. The van der Waals surface area contributed by atoms with Gasteiger partial charge in [0.15, 0.2) is 5.78 Å². The molecule has 0 spiro atoms. The van der Waals surface area contributed by atoms with Crippen LogP contribution in [0.4, 0.5) is 0 Å². The van der Waals surface area contributed by atoms with Gasteiger partial charge < -0.3 is 14.2 Å². The molecule has 3 aliphatic rings. The van der Waals surface area contributed by atoms with Crippen molar-refractivity contribution in [2.75, 3.05) is 7.11 Å². The Kier molecular flexibility index (Phi) is 6.50. The van der Waals surface area contributed by atoms with Crippen molar-refractivity contribution in [3.05, 3.63) is 47.1 Å². The summed E-state index contributed by atoms with van der Waals surface area (Å²) in [6, 6.07) is 0.